The minimum Gasteiger partial charge on any atom is -0.511 e. The summed E-state index contributed by atoms with van der Waals surface area (Å²) >= 11 is 0. The second-order valence-corrected chi connectivity index (χ2v) is 3.08. The second kappa shape index (κ2) is 3.97. The van der Waals surface area contributed by atoms with Gasteiger partial charge in [0.25, 0.3) is 0 Å². The topological polar surface area (TPSA) is 41.5 Å². The molecule has 13 heavy (non-hydrogen) atoms. The van der Waals surface area contributed by atoms with Crippen LogP contribution in [0.25, 0.3) is 0 Å². The lowest BCUT2D eigenvalue weighted by Crippen LogP contribution is -2.42. The summed E-state index contributed by atoms with van der Waals surface area (Å²) in [5.74, 6) is -0.297. The van der Waals surface area contributed by atoms with Gasteiger partial charge < -0.3 is 5.11 Å². The van der Waals surface area contributed by atoms with Crippen molar-refractivity contribution in [3.05, 3.63) is 12.3 Å². The molecule has 0 aliphatic carbocycles. The normalized spacial score (nSPS) is 13.0. The van der Waals surface area contributed by atoms with Gasteiger partial charge in [0, 0.05) is 0 Å². The van der Waals surface area contributed by atoms with Gasteiger partial charge in [-0.1, -0.05) is 6.58 Å². The molecule has 3 nitrogen and oxygen atoms in total. The van der Waals surface area contributed by atoms with Crippen LogP contribution in [0.3, 0.4) is 0 Å². The van der Waals surface area contributed by atoms with Gasteiger partial charge >= 0.3 is 6.18 Å². The van der Waals surface area contributed by atoms with Crippen LogP contribution < -0.4 is 5.48 Å². The first-order valence-electron chi connectivity index (χ1n) is 3.49. The smallest absolute Gasteiger partial charge is 0.413 e. The molecule has 78 valence electrons. The number of alkyl halides is 3. The fourth-order valence-corrected chi connectivity index (χ4v) is 0.357. The van der Waals surface area contributed by atoms with Gasteiger partial charge in [0.05, 0.1) is 5.54 Å². The van der Waals surface area contributed by atoms with E-state index < -0.39 is 18.3 Å². The van der Waals surface area contributed by atoms with E-state index in [-0.39, 0.29) is 5.76 Å². The molecule has 6 heteroatoms. The van der Waals surface area contributed by atoms with Crippen LogP contribution in [0.2, 0.25) is 0 Å². The van der Waals surface area contributed by atoms with Crippen molar-refractivity contribution in [3.8, 4) is 0 Å². The van der Waals surface area contributed by atoms with E-state index in [4.69, 9.17) is 5.11 Å². The Balaban J connectivity index is 3.84. The van der Waals surface area contributed by atoms with Gasteiger partial charge in [0.1, 0.15) is 5.76 Å². The molecule has 0 unspecified atom stereocenters. The van der Waals surface area contributed by atoms with Crippen LogP contribution in [0.15, 0.2) is 12.3 Å². The molecule has 0 heterocycles. The predicted octanol–water partition coefficient (Wildman–Crippen LogP) is 1.92. The molecule has 0 bridgehead atoms. The number of hydrogen-bond donors (Lipinski definition) is 2. The Labute approximate surface area is 74.1 Å². The summed E-state index contributed by atoms with van der Waals surface area (Å²) in [6, 6.07) is 0. The second-order valence-electron chi connectivity index (χ2n) is 3.08. The minimum absolute atomic E-state index is 0.297. The number of hydrogen-bond acceptors (Lipinski definition) is 3. The van der Waals surface area contributed by atoms with Crippen LogP contribution in [0.4, 0.5) is 13.2 Å². The van der Waals surface area contributed by atoms with Crippen LogP contribution in [0.5, 0.6) is 0 Å². The maximum Gasteiger partial charge on any atom is 0.413 e. The molecule has 0 radical (unpaired) electrons. The maximum absolute atomic E-state index is 11.6. The van der Waals surface area contributed by atoms with Gasteiger partial charge in [0.2, 0.25) is 0 Å². The Morgan fingerprint density at radius 3 is 2.23 bits per heavy atom. The standard InChI is InChI=1S/C7H12F3NO2/c1-5(12)6(2,3)11-13-4-7(8,9)10/h11-12H,1,4H2,2-3H3. The summed E-state index contributed by atoms with van der Waals surface area (Å²) in [7, 11) is 0. The van der Waals surface area contributed by atoms with Crippen molar-refractivity contribution in [2.45, 2.75) is 25.6 Å². The van der Waals surface area contributed by atoms with Gasteiger partial charge in [-0.3, -0.25) is 4.84 Å². The first-order chi connectivity index (χ1) is 5.65. The summed E-state index contributed by atoms with van der Waals surface area (Å²) in [5, 5.41) is 8.89. The Morgan fingerprint density at radius 2 is 1.92 bits per heavy atom. The molecule has 2 N–H and O–H groups in total. The molecule has 0 rings (SSSR count). The van der Waals surface area contributed by atoms with Crippen molar-refractivity contribution in [3.63, 3.8) is 0 Å². The van der Waals surface area contributed by atoms with Crippen molar-refractivity contribution < 1.29 is 23.1 Å². The highest BCUT2D eigenvalue weighted by molar-refractivity contribution is 5.01. The number of rotatable bonds is 4. The summed E-state index contributed by atoms with van der Waals surface area (Å²) in [6.45, 7) is 4.63. The number of aliphatic hydroxyl groups excluding tert-OH is 1. The highest BCUT2D eigenvalue weighted by atomic mass is 19.4. The van der Waals surface area contributed by atoms with Crippen molar-refractivity contribution in [2.75, 3.05) is 6.61 Å². The molecule has 0 aliphatic heterocycles. The van der Waals surface area contributed by atoms with E-state index in [1.807, 2.05) is 5.48 Å². The van der Waals surface area contributed by atoms with Crippen LogP contribution in [-0.2, 0) is 4.84 Å². The van der Waals surface area contributed by atoms with E-state index in [0.29, 0.717) is 0 Å². The zero-order valence-electron chi connectivity index (χ0n) is 7.40. The molecule has 0 amide bonds. The fourth-order valence-electron chi connectivity index (χ4n) is 0.357. The van der Waals surface area contributed by atoms with E-state index in [1.165, 1.54) is 13.8 Å². The molecule has 0 saturated carbocycles. The summed E-state index contributed by atoms with van der Waals surface area (Å²) in [4.78, 5) is 4.13. The Kier molecular flexibility index (Phi) is 3.74. The zero-order chi connectivity index (χ0) is 10.7. The summed E-state index contributed by atoms with van der Waals surface area (Å²) in [5.41, 5.74) is 0.953. The van der Waals surface area contributed by atoms with Crippen molar-refractivity contribution >= 4 is 0 Å². The van der Waals surface area contributed by atoms with Crippen molar-refractivity contribution in [1.29, 1.82) is 0 Å². The first-order valence-corrected chi connectivity index (χ1v) is 3.49. The molecular weight excluding hydrogens is 187 g/mol. The van der Waals surface area contributed by atoms with E-state index in [0.717, 1.165) is 0 Å². The average Bonchev–Trinajstić information content (AvgIpc) is 1.82. The van der Waals surface area contributed by atoms with Crippen molar-refractivity contribution in [2.24, 2.45) is 0 Å². The third-order valence-electron chi connectivity index (χ3n) is 1.28. The van der Waals surface area contributed by atoms with Gasteiger partial charge in [0.15, 0.2) is 6.61 Å². The maximum atomic E-state index is 11.6. The minimum atomic E-state index is -4.39. The highest BCUT2D eigenvalue weighted by Crippen LogP contribution is 2.15. The largest absolute Gasteiger partial charge is 0.511 e. The third-order valence-corrected chi connectivity index (χ3v) is 1.28. The lowest BCUT2D eigenvalue weighted by Gasteiger charge is -2.24. The molecule has 0 aromatic carbocycles. The molecule has 0 aromatic rings. The molecule has 0 spiro atoms. The molecule has 0 saturated heterocycles. The first kappa shape index (κ1) is 12.2. The van der Waals surface area contributed by atoms with Gasteiger partial charge in [-0.15, -0.1) is 0 Å². The Morgan fingerprint density at radius 1 is 1.46 bits per heavy atom. The van der Waals surface area contributed by atoms with Crippen LogP contribution in [0, 0.1) is 0 Å². The van der Waals surface area contributed by atoms with Gasteiger partial charge in [-0.05, 0) is 13.8 Å². The summed E-state index contributed by atoms with van der Waals surface area (Å²) < 4.78 is 34.7. The predicted molar refractivity (Wildman–Crippen MR) is 41.0 cm³/mol. The average molecular weight is 199 g/mol. The van der Waals surface area contributed by atoms with E-state index in [2.05, 4.69) is 11.4 Å². The van der Waals surface area contributed by atoms with E-state index in [1.54, 1.807) is 0 Å². The Bertz CT molecular complexity index is 189. The van der Waals surface area contributed by atoms with Crippen LogP contribution >= 0.6 is 0 Å². The lowest BCUT2D eigenvalue weighted by molar-refractivity contribution is -0.196. The van der Waals surface area contributed by atoms with E-state index in [9.17, 15) is 13.2 Å². The molecule has 0 aliphatic rings. The molecular formula is C7H12F3NO2. The lowest BCUT2D eigenvalue weighted by atomic mass is 10.1. The summed E-state index contributed by atoms with van der Waals surface area (Å²) in [6.07, 6.45) is -4.39. The quantitative estimate of drug-likeness (QED) is 0.537. The molecule has 0 atom stereocenters. The zero-order valence-corrected chi connectivity index (χ0v) is 7.40. The van der Waals surface area contributed by atoms with Crippen LogP contribution in [-0.4, -0.2) is 23.4 Å². The number of hydroxylamine groups is 1. The fraction of sp³-hybridized carbons (Fsp3) is 0.714. The van der Waals surface area contributed by atoms with Crippen molar-refractivity contribution in [1.82, 2.24) is 5.48 Å². The number of aliphatic hydroxyl groups is 1. The van der Waals surface area contributed by atoms with Crippen LogP contribution in [0.1, 0.15) is 13.8 Å². The van der Waals surface area contributed by atoms with E-state index >= 15 is 0 Å². The third kappa shape index (κ3) is 5.48. The SMILES string of the molecule is C=C(O)C(C)(C)NOCC(F)(F)F. The van der Waals surface area contributed by atoms with Gasteiger partial charge in [-0.25, -0.2) is 0 Å². The number of halogens is 3. The van der Waals surface area contributed by atoms with Gasteiger partial charge in [-0.2, -0.15) is 18.7 Å². The molecule has 0 aromatic heterocycles. The monoisotopic (exact) mass is 199 g/mol. The molecule has 0 fully saturated rings. The Hall–Kier alpha value is -0.750. The number of nitrogens with one attached hydrogen (secondary N) is 1. The highest BCUT2D eigenvalue weighted by Gasteiger charge is 2.30.